The van der Waals surface area contributed by atoms with Crippen molar-refractivity contribution in [3.8, 4) is 0 Å². The smallest absolute Gasteiger partial charge is 0.214 e. The monoisotopic (exact) mass is 710 g/mol. The highest BCUT2D eigenvalue weighted by molar-refractivity contribution is 5.88. The molecule has 0 aliphatic rings. The molecule has 2 heterocycles. The number of aryl methyl sites for hydroxylation is 4. The Kier molecular flexibility index (Phi) is 12.6. The van der Waals surface area contributed by atoms with Gasteiger partial charge in [-0.05, 0) is 25.0 Å². The molecule has 0 atom stereocenters. The van der Waals surface area contributed by atoms with E-state index in [1.165, 1.54) is 73.8 Å². The summed E-state index contributed by atoms with van der Waals surface area (Å²) in [7, 11) is 0. The minimum Gasteiger partial charge on any atom is -1.00 e. The molecule has 2 aromatic carbocycles. The first-order valence-corrected chi connectivity index (χ1v) is 12.9. The average Bonchev–Trinajstić information content (AvgIpc) is 2.83. The molecule has 0 saturated carbocycles. The fourth-order valence-corrected chi connectivity index (χ4v) is 5.24. The van der Waals surface area contributed by atoms with E-state index < -0.39 is 0 Å². The number of nitrogens with zero attached hydrogens (tertiary/aromatic N) is 2. The normalized spacial score (nSPS) is 10.8. The summed E-state index contributed by atoms with van der Waals surface area (Å²) in [6.45, 7) is 6.46. The number of hydrogen-bond acceptors (Lipinski definition) is 2. The topological polar surface area (TPSA) is 59.8 Å². The van der Waals surface area contributed by atoms with Crippen LogP contribution in [0.15, 0.2) is 60.7 Å². The van der Waals surface area contributed by atoms with Crippen molar-refractivity contribution in [3.05, 3.63) is 72.1 Å². The lowest BCUT2D eigenvalue weighted by Crippen LogP contribution is -3.00. The molecular formula is C30H40I2N4. The van der Waals surface area contributed by atoms with Crippen LogP contribution in [0.25, 0.3) is 21.8 Å². The van der Waals surface area contributed by atoms with Crippen LogP contribution in [-0.4, -0.2) is 0 Å². The summed E-state index contributed by atoms with van der Waals surface area (Å²) in [5.41, 5.74) is 19.2. The molecule has 36 heavy (non-hydrogen) atoms. The van der Waals surface area contributed by atoms with E-state index in [-0.39, 0.29) is 48.0 Å². The largest absolute Gasteiger partial charge is 1.00 e. The fraction of sp³-hybridized carbons (Fsp3) is 0.400. The molecule has 6 heteroatoms. The van der Waals surface area contributed by atoms with Gasteiger partial charge in [-0.25, -0.2) is 0 Å². The van der Waals surface area contributed by atoms with Crippen LogP contribution in [0, 0.1) is 13.8 Å². The Hall–Kier alpha value is -1.68. The Morgan fingerprint density at radius 3 is 1.25 bits per heavy atom. The number of aromatic nitrogens is 2. The van der Waals surface area contributed by atoms with Crippen LogP contribution in [0.5, 0.6) is 0 Å². The van der Waals surface area contributed by atoms with Crippen molar-refractivity contribution in [3.63, 3.8) is 0 Å². The Balaban J connectivity index is 0.00000228. The van der Waals surface area contributed by atoms with Crippen molar-refractivity contribution in [2.45, 2.75) is 78.3 Å². The van der Waals surface area contributed by atoms with Gasteiger partial charge in [-0.3, -0.25) is 0 Å². The van der Waals surface area contributed by atoms with Crippen molar-refractivity contribution in [2.75, 3.05) is 11.5 Å². The minimum atomic E-state index is 0. The van der Waals surface area contributed by atoms with Crippen molar-refractivity contribution in [1.82, 2.24) is 0 Å². The van der Waals surface area contributed by atoms with Gasteiger partial charge in [0, 0.05) is 51.0 Å². The summed E-state index contributed by atoms with van der Waals surface area (Å²) in [4.78, 5) is 0. The lowest BCUT2D eigenvalue weighted by Gasteiger charge is -2.08. The number of halogens is 2. The van der Waals surface area contributed by atoms with E-state index in [0.29, 0.717) is 0 Å². The van der Waals surface area contributed by atoms with Gasteiger partial charge in [0.05, 0.1) is 22.1 Å². The van der Waals surface area contributed by atoms with Crippen molar-refractivity contribution < 1.29 is 57.1 Å². The first-order chi connectivity index (χ1) is 16.6. The second kappa shape index (κ2) is 14.9. The standard InChI is InChI=1S/C30H38N4.2HI/c1-23-21-27(31)25-15-9-11-17-29(25)33(23)19-13-7-5-3-4-6-8-14-20-34-24(2)22-28(32)26-16-10-12-18-30(26)34;;/h9-12,15-18,21-22,31-32H,3-8,13-14,19-20H2,1-2H3;2*1H. The minimum absolute atomic E-state index is 0. The number of pyridine rings is 2. The third-order valence-electron chi connectivity index (χ3n) is 7.11. The molecule has 0 radical (unpaired) electrons. The number of benzene rings is 2. The molecule has 0 spiro atoms. The molecule has 4 nitrogen and oxygen atoms in total. The molecule has 0 amide bonds. The maximum absolute atomic E-state index is 6.22. The Labute approximate surface area is 250 Å². The highest BCUT2D eigenvalue weighted by atomic mass is 127. The van der Waals surface area contributed by atoms with Crippen molar-refractivity contribution in [1.29, 1.82) is 0 Å². The Bertz CT molecular complexity index is 1170. The summed E-state index contributed by atoms with van der Waals surface area (Å²) in [6, 6.07) is 21.2. The molecule has 0 saturated heterocycles. The van der Waals surface area contributed by atoms with Crippen molar-refractivity contribution in [2.24, 2.45) is 0 Å². The Morgan fingerprint density at radius 1 is 0.528 bits per heavy atom. The van der Waals surface area contributed by atoms with Crippen LogP contribution < -0.4 is 68.6 Å². The van der Waals surface area contributed by atoms with E-state index in [4.69, 9.17) is 11.5 Å². The predicted molar refractivity (Wildman–Crippen MR) is 144 cm³/mol. The van der Waals surface area contributed by atoms with Gasteiger partial charge >= 0.3 is 0 Å². The summed E-state index contributed by atoms with van der Waals surface area (Å²) < 4.78 is 4.85. The molecule has 4 aromatic rings. The highest BCUT2D eigenvalue weighted by Gasteiger charge is 2.15. The maximum Gasteiger partial charge on any atom is 0.214 e. The zero-order valence-corrected chi connectivity index (χ0v) is 26.0. The van der Waals surface area contributed by atoms with Gasteiger partial charge in [0.15, 0.2) is 11.4 Å². The molecule has 0 unspecified atom stereocenters. The van der Waals surface area contributed by atoms with Gasteiger partial charge in [-0.1, -0.05) is 49.9 Å². The summed E-state index contributed by atoms with van der Waals surface area (Å²) in [5, 5.41) is 2.32. The van der Waals surface area contributed by atoms with E-state index in [1.807, 2.05) is 0 Å². The van der Waals surface area contributed by atoms with E-state index in [0.717, 1.165) is 35.2 Å². The van der Waals surface area contributed by atoms with Crippen LogP contribution >= 0.6 is 0 Å². The average molecular weight is 710 g/mol. The number of para-hydroxylation sites is 2. The lowest BCUT2D eigenvalue weighted by atomic mass is 10.1. The fourth-order valence-electron chi connectivity index (χ4n) is 5.24. The van der Waals surface area contributed by atoms with Gasteiger partial charge in [0.2, 0.25) is 11.0 Å². The third-order valence-corrected chi connectivity index (χ3v) is 7.11. The SMILES string of the molecule is Cc1cc(N)c2ccccc2[n+]1CCCCCCCCCC[n+]1c(C)cc(N)c2ccccc21.[I-].[I-]. The first-order valence-electron chi connectivity index (χ1n) is 12.9. The van der Waals surface area contributed by atoms with Gasteiger partial charge in [0.1, 0.15) is 13.1 Å². The molecule has 2 aromatic heterocycles. The number of fused-ring (bicyclic) bond motifs is 2. The summed E-state index contributed by atoms with van der Waals surface area (Å²) in [5.74, 6) is 0. The van der Waals surface area contributed by atoms with Gasteiger partial charge in [-0.2, -0.15) is 9.13 Å². The summed E-state index contributed by atoms with van der Waals surface area (Å²) >= 11 is 0. The van der Waals surface area contributed by atoms with Crippen LogP contribution in [0.4, 0.5) is 11.4 Å². The molecule has 4 N–H and O–H groups in total. The predicted octanol–water partition coefficient (Wildman–Crippen LogP) is 0.178. The number of rotatable bonds is 11. The van der Waals surface area contributed by atoms with Gasteiger partial charge in [-0.15, -0.1) is 0 Å². The molecule has 0 aliphatic carbocycles. The molecule has 194 valence electrons. The number of hydrogen-bond donors (Lipinski definition) is 2. The number of unbranched alkanes of at least 4 members (excludes halogenated alkanes) is 7. The molecule has 0 aliphatic heterocycles. The van der Waals surface area contributed by atoms with Crippen LogP contribution in [-0.2, 0) is 13.1 Å². The molecule has 0 bridgehead atoms. The quantitative estimate of drug-likeness (QED) is 0.133. The van der Waals surface area contributed by atoms with E-state index >= 15 is 0 Å². The molecular weight excluding hydrogens is 670 g/mol. The zero-order valence-electron chi connectivity index (χ0n) is 21.6. The molecule has 0 fully saturated rings. The zero-order chi connectivity index (χ0) is 23.9. The van der Waals surface area contributed by atoms with E-state index in [1.54, 1.807) is 0 Å². The van der Waals surface area contributed by atoms with Crippen LogP contribution in [0.2, 0.25) is 0 Å². The van der Waals surface area contributed by atoms with Gasteiger partial charge in [0.25, 0.3) is 0 Å². The number of nitrogens with two attached hydrogens (primary N) is 2. The third kappa shape index (κ3) is 7.43. The number of anilines is 2. The van der Waals surface area contributed by atoms with E-state index in [2.05, 4.69) is 83.6 Å². The van der Waals surface area contributed by atoms with Crippen LogP contribution in [0.3, 0.4) is 0 Å². The van der Waals surface area contributed by atoms with Crippen LogP contribution in [0.1, 0.15) is 62.8 Å². The number of nitrogen functional groups attached to an aromatic ring is 2. The first kappa shape index (κ1) is 30.5. The van der Waals surface area contributed by atoms with E-state index in [9.17, 15) is 0 Å². The second-order valence-corrected chi connectivity index (χ2v) is 9.65. The molecule has 4 rings (SSSR count). The lowest BCUT2D eigenvalue weighted by molar-refractivity contribution is -0.678. The van der Waals surface area contributed by atoms with Crippen molar-refractivity contribution >= 4 is 33.2 Å². The highest BCUT2D eigenvalue weighted by Crippen LogP contribution is 2.20. The van der Waals surface area contributed by atoms with Gasteiger partial charge < -0.3 is 59.4 Å². The summed E-state index contributed by atoms with van der Waals surface area (Å²) in [6.07, 6.45) is 10.3. The second-order valence-electron chi connectivity index (χ2n) is 9.65. The maximum atomic E-state index is 6.22. The Morgan fingerprint density at radius 2 is 0.861 bits per heavy atom.